The maximum Gasteiger partial charge on any atom is 0.229 e. The van der Waals surface area contributed by atoms with Gasteiger partial charge in [-0.25, -0.2) is 9.37 Å². The minimum Gasteiger partial charge on any atom is -0.494 e. The van der Waals surface area contributed by atoms with Gasteiger partial charge >= 0.3 is 0 Å². The molecule has 0 N–H and O–H groups in total. The first-order valence-corrected chi connectivity index (χ1v) is 11.3. The van der Waals surface area contributed by atoms with Gasteiger partial charge in [0.15, 0.2) is 17.2 Å². The maximum absolute atomic E-state index is 14.3. The van der Waals surface area contributed by atoms with Gasteiger partial charge in [0.25, 0.3) is 0 Å². The monoisotopic (exact) mass is 453 g/mol. The Morgan fingerprint density at radius 3 is 2.70 bits per heavy atom. The van der Waals surface area contributed by atoms with E-state index in [-0.39, 0.29) is 17.9 Å². The molecule has 2 atom stereocenters. The van der Waals surface area contributed by atoms with Crippen molar-refractivity contribution in [3.8, 4) is 17.0 Å². The normalized spacial score (nSPS) is 21.5. The molecule has 0 radical (unpaired) electrons. The number of aromatic nitrogens is 3. The van der Waals surface area contributed by atoms with Crippen molar-refractivity contribution in [3.05, 3.63) is 36.1 Å². The van der Waals surface area contributed by atoms with Crippen LogP contribution in [0.25, 0.3) is 22.3 Å². The summed E-state index contributed by atoms with van der Waals surface area (Å²) in [5.41, 5.74) is 1.89. The van der Waals surface area contributed by atoms with Crippen LogP contribution in [0.5, 0.6) is 5.75 Å². The average molecular weight is 454 g/mol. The van der Waals surface area contributed by atoms with Crippen LogP contribution in [0.2, 0.25) is 0 Å². The first-order valence-electron chi connectivity index (χ1n) is 11.3. The quantitative estimate of drug-likeness (QED) is 0.596. The van der Waals surface area contributed by atoms with Crippen LogP contribution in [0.3, 0.4) is 0 Å². The maximum atomic E-state index is 14.3. The fraction of sp³-hybridized carbons (Fsp3) is 0.458. The third kappa shape index (κ3) is 4.30. The molecule has 3 aromatic rings. The van der Waals surface area contributed by atoms with Crippen LogP contribution in [0.15, 0.2) is 30.3 Å². The summed E-state index contributed by atoms with van der Waals surface area (Å²) < 4.78 is 30.7. The second-order valence-corrected chi connectivity index (χ2v) is 8.51. The Morgan fingerprint density at radius 2 is 1.94 bits per heavy atom. The Hall–Kier alpha value is -3.04. The zero-order valence-electron chi connectivity index (χ0n) is 19.1. The molecule has 0 bridgehead atoms. The number of rotatable bonds is 4. The van der Waals surface area contributed by atoms with Gasteiger partial charge in [0, 0.05) is 25.2 Å². The summed E-state index contributed by atoms with van der Waals surface area (Å²) >= 11 is 0. The van der Waals surface area contributed by atoms with Crippen molar-refractivity contribution in [2.75, 3.05) is 56.4 Å². The van der Waals surface area contributed by atoms with Crippen molar-refractivity contribution in [2.45, 2.75) is 26.0 Å². The Balaban J connectivity index is 1.62. The highest BCUT2D eigenvalue weighted by Gasteiger charge is 2.26. The number of fused-ring (bicyclic) bond motifs is 1. The van der Waals surface area contributed by atoms with Gasteiger partial charge in [0.05, 0.1) is 50.2 Å². The standard InChI is InChI=1S/C24H28FN5O3/c1-15-14-32-10-9-30(15)23-18-5-6-20(17-4-7-21(31-3)19(25)12-17)26-22(18)27-24(28-23)29-8-11-33-16(2)13-29/h4-7,12,15-16H,8-11,13-14H2,1-3H3/t15-,16-/m0/s1. The predicted octanol–water partition coefficient (Wildman–Crippen LogP) is 3.29. The van der Waals surface area contributed by atoms with Crippen molar-refractivity contribution in [2.24, 2.45) is 0 Å². The fourth-order valence-corrected chi connectivity index (χ4v) is 4.37. The molecule has 174 valence electrons. The van der Waals surface area contributed by atoms with Crippen molar-refractivity contribution in [3.63, 3.8) is 0 Å². The molecular formula is C24H28FN5O3. The molecule has 0 amide bonds. The number of pyridine rings is 1. The third-order valence-electron chi connectivity index (χ3n) is 6.14. The van der Waals surface area contributed by atoms with E-state index in [0.717, 1.165) is 24.3 Å². The number of morpholine rings is 2. The summed E-state index contributed by atoms with van der Waals surface area (Å²) in [6, 6.07) is 8.89. The molecule has 2 saturated heterocycles. The first kappa shape index (κ1) is 21.8. The van der Waals surface area contributed by atoms with Gasteiger partial charge in [-0.1, -0.05) is 0 Å². The van der Waals surface area contributed by atoms with Gasteiger partial charge < -0.3 is 24.0 Å². The summed E-state index contributed by atoms with van der Waals surface area (Å²) in [4.78, 5) is 19.0. The lowest BCUT2D eigenvalue weighted by atomic mass is 10.1. The van der Waals surface area contributed by atoms with E-state index in [1.807, 2.05) is 19.1 Å². The Labute approximate surface area is 192 Å². The van der Waals surface area contributed by atoms with Gasteiger partial charge in [0.1, 0.15) is 5.82 Å². The van der Waals surface area contributed by atoms with Gasteiger partial charge in [-0.15, -0.1) is 0 Å². The Morgan fingerprint density at radius 1 is 1.06 bits per heavy atom. The summed E-state index contributed by atoms with van der Waals surface area (Å²) in [7, 11) is 1.45. The minimum atomic E-state index is -0.426. The van der Waals surface area contributed by atoms with E-state index >= 15 is 0 Å². The summed E-state index contributed by atoms with van der Waals surface area (Å²) in [5, 5.41) is 0.867. The molecule has 33 heavy (non-hydrogen) atoms. The molecule has 2 fully saturated rings. The molecule has 1 aromatic carbocycles. The molecule has 2 aromatic heterocycles. The molecule has 0 aliphatic carbocycles. The Bertz CT molecular complexity index is 1160. The predicted molar refractivity (Wildman–Crippen MR) is 125 cm³/mol. The van der Waals surface area contributed by atoms with E-state index in [2.05, 4.69) is 16.7 Å². The largest absolute Gasteiger partial charge is 0.494 e. The highest BCUT2D eigenvalue weighted by Crippen LogP contribution is 2.31. The number of hydrogen-bond donors (Lipinski definition) is 0. The molecule has 5 rings (SSSR count). The lowest BCUT2D eigenvalue weighted by Crippen LogP contribution is -2.45. The van der Waals surface area contributed by atoms with E-state index in [9.17, 15) is 4.39 Å². The summed E-state index contributed by atoms with van der Waals surface area (Å²) in [6.45, 7) is 8.28. The van der Waals surface area contributed by atoms with Crippen LogP contribution in [-0.2, 0) is 9.47 Å². The van der Waals surface area contributed by atoms with Crippen molar-refractivity contribution >= 4 is 22.8 Å². The SMILES string of the molecule is COc1ccc(-c2ccc3c(N4CCOC[C@@H]4C)nc(N4CCO[C@@H](C)C4)nc3n2)cc1F. The summed E-state index contributed by atoms with van der Waals surface area (Å²) in [6.07, 6.45) is 0.102. The van der Waals surface area contributed by atoms with Crippen LogP contribution in [0.4, 0.5) is 16.2 Å². The van der Waals surface area contributed by atoms with Crippen LogP contribution in [-0.4, -0.2) is 73.7 Å². The number of ether oxygens (including phenoxy) is 3. The number of benzene rings is 1. The smallest absolute Gasteiger partial charge is 0.229 e. The van der Waals surface area contributed by atoms with E-state index in [1.54, 1.807) is 12.1 Å². The number of hydrogen-bond acceptors (Lipinski definition) is 8. The van der Waals surface area contributed by atoms with Gasteiger partial charge in [-0.3, -0.25) is 0 Å². The average Bonchev–Trinajstić information content (AvgIpc) is 2.83. The third-order valence-corrected chi connectivity index (χ3v) is 6.14. The topological polar surface area (TPSA) is 72.8 Å². The molecule has 2 aliphatic heterocycles. The first-order chi connectivity index (χ1) is 16.0. The number of halogens is 1. The van der Waals surface area contributed by atoms with Gasteiger partial charge in [-0.2, -0.15) is 9.97 Å². The molecule has 0 unspecified atom stereocenters. The van der Waals surface area contributed by atoms with Crippen molar-refractivity contribution in [1.29, 1.82) is 0 Å². The molecule has 9 heteroatoms. The van der Waals surface area contributed by atoms with Gasteiger partial charge in [-0.05, 0) is 44.2 Å². The molecule has 8 nitrogen and oxygen atoms in total. The zero-order valence-corrected chi connectivity index (χ0v) is 19.1. The number of nitrogens with zero attached hydrogens (tertiary/aromatic N) is 5. The van der Waals surface area contributed by atoms with E-state index in [0.29, 0.717) is 49.2 Å². The molecule has 2 aliphatic rings. The molecule has 4 heterocycles. The number of methoxy groups -OCH3 is 1. The van der Waals surface area contributed by atoms with E-state index in [1.165, 1.54) is 13.2 Å². The lowest BCUT2D eigenvalue weighted by Gasteiger charge is -2.36. The van der Waals surface area contributed by atoms with Crippen LogP contribution in [0.1, 0.15) is 13.8 Å². The minimum absolute atomic E-state index is 0.102. The second kappa shape index (κ2) is 9.07. The van der Waals surface area contributed by atoms with Gasteiger partial charge in [0.2, 0.25) is 5.95 Å². The fourth-order valence-electron chi connectivity index (χ4n) is 4.37. The zero-order chi connectivity index (χ0) is 22.9. The van der Waals surface area contributed by atoms with E-state index in [4.69, 9.17) is 29.2 Å². The van der Waals surface area contributed by atoms with E-state index < -0.39 is 5.82 Å². The Kier molecular flexibility index (Phi) is 5.99. The van der Waals surface area contributed by atoms with Crippen molar-refractivity contribution in [1.82, 2.24) is 15.0 Å². The molecular weight excluding hydrogens is 425 g/mol. The highest BCUT2D eigenvalue weighted by molar-refractivity contribution is 5.90. The van der Waals surface area contributed by atoms with Crippen LogP contribution in [0, 0.1) is 5.82 Å². The lowest BCUT2D eigenvalue weighted by molar-refractivity contribution is 0.0526. The van der Waals surface area contributed by atoms with Crippen LogP contribution >= 0.6 is 0 Å². The number of anilines is 2. The highest BCUT2D eigenvalue weighted by atomic mass is 19.1. The molecule has 0 spiro atoms. The van der Waals surface area contributed by atoms with Crippen LogP contribution < -0.4 is 14.5 Å². The second-order valence-electron chi connectivity index (χ2n) is 8.51. The molecule has 0 saturated carbocycles. The summed E-state index contributed by atoms with van der Waals surface area (Å²) in [5.74, 6) is 1.27. The van der Waals surface area contributed by atoms with Crippen molar-refractivity contribution < 1.29 is 18.6 Å².